The molecule has 0 saturated heterocycles. The fraction of sp³-hybridized carbons (Fsp3) is 0.333. The maximum Gasteiger partial charge on any atom is 0.338 e. The van der Waals surface area contributed by atoms with Gasteiger partial charge in [0.2, 0.25) is 0 Å². The van der Waals surface area contributed by atoms with Gasteiger partial charge < -0.3 is 19.1 Å². The summed E-state index contributed by atoms with van der Waals surface area (Å²) in [5.74, 6) is 1.15. The molecule has 2 aliphatic rings. The van der Waals surface area contributed by atoms with E-state index in [1.807, 2.05) is 74.5 Å². The van der Waals surface area contributed by atoms with Crippen molar-refractivity contribution in [1.82, 2.24) is 4.90 Å². The molecule has 0 radical (unpaired) electrons. The van der Waals surface area contributed by atoms with Crippen molar-refractivity contribution in [3.05, 3.63) is 58.8 Å². The smallest absolute Gasteiger partial charge is 0.338 e. The average Bonchev–Trinajstić information content (AvgIpc) is 3.21. The molecule has 0 saturated carbocycles. The number of aliphatic imine (C=N–C) groups is 1. The van der Waals surface area contributed by atoms with E-state index in [2.05, 4.69) is 4.99 Å². The summed E-state index contributed by atoms with van der Waals surface area (Å²) in [6, 6.07) is 9.60. The van der Waals surface area contributed by atoms with Crippen molar-refractivity contribution in [1.29, 1.82) is 0 Å². The van der Waals surface area contributed by atoms with Crippen molar-refractivity contribution in [2.24, 2.45) is 4.99 Å². The number of rotatable bonds is 7. The van der Waals surface area contributed by atoms with Gasteiger partial charge in [-0.2, -0.15) is 0 Å². The summed E-state index contributed by atoms with van der Waals surface area (Å²) in [6.07, 6.45) is 1.96. The summed E-state index contributed by atoms with van der Waals surface area (Å²) < 4.78 is 17.3. The Bertz CT molecular complexity index is 1100. The van der Waals surface area contributed by atoms with Gasteiger partial charge in [-0.05, 0) is 62.1 Å². The molecule has 0 aromatic heterocycles. The van der Waals surface area contributed by atoms with Crippen LogP contribution in [0, 0.1) is 0 Å². The van der Waals surface area contributed by atoms with Gasteiger partial charge in [-0.3, -0.25) is 0 Å². The van der Waals surface area contributed by atoms with Gasteiger partial charge in [0.25, 0.3) is 0 Å². The number of carbonyl (C=O) groups is 1. The molecule has 2 aromatic carbocycles. The Kier molecular flexibility index (Phi) is 6.23. The van der Waals surface area contributed by atoms with E-state index >= 15 is 0 Å². The lowest BCUT2D eigenvalue weighted by Gasteiger charge is -2.34. The number of esters is 1. The average molecular weight is 439 g/mol. The van der Waals surface area contributed by atoms with Crippen LogP contribution in [0.2, 0.25) is 0 Å². The Morgan fingerprint density at radius 1 is 1.10 bits per heavy atom. The van der Waals surface area contributed by atoms with Crippen LogP contribution in [0.1, 0.15) is 39.3 Å². The van der Waals surface area contributed by atoms with Crippen molar-refractivity contribution < 1.29 is 19.0 Å². The number of allylic oxidation sites excluding steroid dienone is 1. The van der Waals surface area contributed by atoms with Gasteiger partial charge in [0.1, 0.15) is 11.5 Å². The molecule has 0 unspecified atom stereocenters. The van der Waals surface area contributed by atoms with Crippen molar-refractivity contribution in [2.75, 3.05) is 19.8 Å². The number of ether oxygens (including phenoxy) is 3. The number of nitrogens with zero attached hydrogens (tertiary/aromatic N) is 2. The van der Waals surface area contributed by atoms with Crippen LogP contribution >= 0.6 is 11.8 Å². The van der Waals surface area contributed by atoms with Crippen LogP contribution in [-0.4, -0.2) is 35.9 Å². The number of fused-ring (bicyclic) bond motifs is 2. The maximum atomic E-state index is 13.1. The summed E-state index contributed by atoms with van der Waals surface area (Å²) >= 11 is 1.54. The van der Waals surface area contributed by atoms with Gasteiger partial charge in [0.15, 0.2) is 5.17 Å². The first-order valence-electron chi connectivity index (χ1n) is 10.5. The largest absolute Gasteiger partial charge is 0.494 e. The van der Waals surface area contributed by atoms with E-state index in [9.17, 15) is 4.79 Å². The van der Waals surface area contributed by atoms with Crippen LogP contribution in [0.3, 0.4) is 0 Å². The molecule has 2 aromatic rings. The van der Waals surface area contributed by atoms with Crippen LogP contribution in [0.4, 0.5) is 0 Å². The third-order valence-corrected chi connectivity index (χ3v) is 5.97. The lowest BCUT2D eigenvalue weighted by atomic mass is 9.90. The van der Waals surface area contributed by atoms with Crippen LogP contribution in [0.5, 0.6) is 11.5 Å². The van der Waals surface area contributed by atoms with Crippen molar-refractivity contribution in [2.45, 2.75) is 33.7 Å². The van der Waals surface area contributed by atoms with Gasteiger partial charge in [-0.1, -0.05) is 23.9 Å². The molecule has 7 heteroatoms. The third-order valence-electron chi connectivity index (χ3n) is 5.19. The highest BCUT2D eigenvalue weighted by Gasteiger charge is 2.39. The maximum absolute atomic E-state index is 13.1. The molecule has 0 N–H and O–H groups in total. The van der Waals surface area contributed by atoms with E-state index in [1.165, 1.54) is 11.8 Å². The van der Waals surface area contributed by atoms with Crippen molar-refractivity contribution in [3.63, 3.8) is 0 Å². The van der Waals surface area contributed by atoms with Gasteiger partial charge >= 0.3 is 5.97 Å². The van der Waals surface area contributed by atoms with Gasteiger partial charge in [0, 0.05) is 11.8 Å². The minimum Gasteiger partial charge on any atom is -0.494 e. The summed E-state index contributed by atoms with van der Waals surface area (Å²) in [5, 5.41) is 4.83. The van der Waals surface area contributed by atoms with Gasteiger partial charge in [0.05, 0.1) is 37.1 Å². The molecule has 2 aliphatic heterocycles. The van der Waals surface area contributed by atoms with Crippen molar-refractivity contribution in [3.8, 4) is 11.5 Å². The molecule has 0 bridgehead atoms. The predicted octanol–water partition coefficient (Wildman–Crippen LogP) is 5.41. The lowest BCUT2D eigenvalue weighted by molar-refractivity contribution is -0.139. The van der Waals surface area contributed by atoms with Crippen molar-refractivity contribution >= 4 is 33.7 Å². The summed E-state index contributed by atoms with van der Waals surface area (Å²) in [7, 11) is 0. The second-order valence-electron chi connectivity index (χ2n) is 7.05. The summed E-state index contributed by atoms with van der Waals surface area (Å²) in [6.45, 7) is 8.97. The molecule has 31 heavy (non-hydrogen) atoms. The first-order chi connectivity index (χ1) is 15.1. The Balaban J connectivity index is 2.00. The minimum absolute atomic E-state index is 0.297. The highest BCUT2D eigenvalue weighted by Crippen LogP contribution is 2.47. The fourth-order valence-corrected chi connectivity index (χ4v) is 4.77. The normalized spacial score (nSPS) is 17.6. The summed E-state index contributed by atoms with van der Waals surface area (Å²) in [5.41, 5.74) is 2.09. The number of benzene rings is 2. The van der Waals surface area contributed by atoms with E-state index < -0.39 is 6.04 Å². The summed E-state index contributed by atoms with van der Waals surface area (Å²) in [4.78, 5) is 19.8. The van der Waals surface area contributed by atoms with Crippen LogP contribution in [0.25, 0.3) is 10.8 Å². The molecule has 6 nitrogen and oxygen atoms in total. The number of thioether (sulfide) groups is 1. The van der Waals surface area contributed by atoms with Crippen LogP contribution < -0.4 is 9.47 Å². The molecule has 0 amide bonds. The number of hydrogen-bond donors (Lipinski definition) is 0. The molecule has 2 heterocycles. The predicted molar refractivity (Wildman–Crippen MR) is 124 cm³/mol. The van der Waals surface area contributed by atoms with Gasteiger partial charge in [-0.25, -0.2) is 9.79 Å². The Hall–Kier alpha value is -2.93. The number of carbonyl (C=O) groups excluding carboxylic acids is 1. The van der Waals surface area contributed by atoms with E-state index in [0.29, 0.717) is 31.1 Å². The zero-order chi connectivity index (χ0) is 22.0. The molecule has 0 spiro atoms. The first-order valence-corrected chi connectivity index (χ1v) is 11.4. The zero-order valence-corrected chi connectivity index (χ0v) is 19.0. The first kappa shape index (κ1) is 21.3. The van der Waals surface area contributed by atoms with E-state index in [4.69, 9.17) is 14.2 Å². The topological polar surface area (TPSA) is 60.4 Å². The highest BCUT2D eigenvalue weighted by atomic mass is 32.2. The lowest BCUT2D eigenvalue weighted by Crippen LogP contribution is -2.34. The zero-order valence-electron chi connectivity index (χ0n) is 18.2. The third kappa shape index (κ3) is 3.90. The molecule has 162 valence electrons. The SMILES string of the molecule is CCOC(=O)C1=C(C)N=C2SC=CN2[C@@H]1c1c(OCC)ccc2ccc(OCC)cc12. The van der Waals surface area contributed by atoms with Crippen LogP contribution in [0.15, 0.2) is 58.2 Å². The fourth-order valence-electron chi connectivity index (χ4n) is 3.98. The molecule has 4 rings (SSSR count). The quantitative estimate of drug-likeness (QED) is 0.539. The van der Waals surface area contributed by atoms with E-state index in [-0.39, 0.29) is 5.97 Å². The molecular weight excluding hydrogens is 412 g/mol. The Morgan fingerprint density at radius 3 is 2.61 bits per heavy atom. The van der Waals surface area contributed by atoms with Gasteiger partial charge in [-0.15, -0.1) is 0 Å². The molecular formula is C24H26N2O4S. The minimum atomic E-state index is -0.417. The van der Waals surface area contributed by atoms with Crippen LogP contribution in [-0.2, 0) is 9.53 Å². The highest BCUT2D eigenvalue weighted by molar-refractivity contribution is 8.16. The molecule has 0 fully saturated rings. The second-order valence-corrected chi connectivity index (χ2v) is 7.93. The van der Waals surface area contributed by atoms with E-state index in [0.717, 1.165) is 33.0 Å². The number of amidine groups is 1. The standard InChI is InChI=1S/C24H26N2O4S/c1-5-28-17-10-8-16-9-11-19(29-6-2)21(18(16)14-17)22-20(23(27)30-7-3)15(4)25-24-26(22)12-13-31-24/h8-14,22H,5-7H2,1-4H3/t22-/m0/s1. The molecule has 0 aliphatic carbocycles. The van der Waals surface area contributed by atoms with E-state index in [1.54, 1.807) is 0 Å². The second kappa shape index (κ2) is 9.06. The Morgan fingerprint density at radius 2 is 1.87 bits per heavy atom. The number of hydrogen-bond acceptors (Lipinski definition) is 7. The molecule has 1 atom stereocenters. The Labute approximate surface area is 186 Å². The monoisotopic (exact) mass is 438 g/mol.